The Bertz CT molecular complexity index is 744. The van der Waals surface area contributed by atoms with E-state index in [4.69, 9.17) is 0 Å². The van der Waals surface area contributed by atoms with Gasteiger partial charge in [0.1, 0.15) is 16.4 Å². The summed E-state index contributed by atoms with van der Waals surface area (Å²) in [7, 11) is 0. The van der Waals surface area contributed by atoms with Gasteiger partial charge in [0.15, 0.2) is 0 Å². The van der Waals surface area contributed by atoms with Crippen LogP contribution < -0.4 is 0 Å². The minimum Gasteiger partial charge on any atom is -0.274 e. The Morgan fingerprint density at radius 1 is 1.33 bits per heavy atom. The Labute approximate surface area is 140 Å². The van der Waals surface area contributed by atoms with Crippen molar-refractivity contribution in [2.75, 3.05) is 6.54 Å². The van der Waals surface area contributed by atoms with E-state index in [9.17, 15) is 22.8 Å². The fourth-order valence-corrected chi connectivity index (χ4v) is 2.98. The molecule has 0 aliphatic carbocycles. The van der Waals surface area contributed by atoms with Crippen molar-refractivity contribution in [3.05, 3.63) is 35.1 Å². The lowest BCUT2D eigenvalue weighted by atomic mass is 10.3. The van der Waals surface area contributed by atoms with Gasteiger partial charge in [-0.1, -0.05) is 6.92 Å². The van der Waals surface area contributed by atoms with Gasteiger partial charge in [-0.05, 0) is 19.1 Å². The van der Waals surface area contributed by atoms with Gasteiger partial charge in [-0.2, -0.15) is 13.2 Å². The lowest BCUT2D eigenvalue weighted by Gasteiger charge is -2.21. The molecule has 0 radical (unpaired) electrons. The predicted molar refractivity (Wildman–Crippen MR) is 82.5 cm³/mol. The van der Waals surface area contributed by atoms with E-state index in [1.54, 1.807) is 18.3 Å². The zero-order valence-corrected chi connectivity index (χ0v) is 13.7. The van der Waals surface area contributed by atoms with Crippen molar-refractivity contribution in [1.82, 2.24) is 14.9 Å². The summed E-state index contributed by atoms with van der Waals surface area (Å²) in [5.41, 5.74) is 0.925. The van der Waals surface area contributed by atoms with E-state index in [-0.39, 0.29) is 21.9 Å². The second-order valence-electron chi connectivity index (χ2n) is 4.93. The molecule has 2 heterocycles. The molecule has 9 heteroatoms. The molecule has 0 N–H and O–H groups in total. The molecule has 0 saturated heterocycles. The second-order valence-corrected chi connectivity index (χ2v) is 5.93. The highest BCUT2D eigenvalue weighted by molar-refractivity contribution is 7.17. The van der Waals surface area contributed by atoms with Gasteiger partial charge < -0.3 is 0 Å². The maximum Gasteiger partial charge on any atom is 0.406 e. The topological polar surface area (TPSA) is 63.2 Å². The van der Waals surface area contributed by atoms with Gasteiger partial charge in [-0.25, -0.2) is 4.98 Å². The van der Waals surface area contributed by atoms with E-state index in [1.165, 1.54) is 20.0 Å². The molecule has 2 aromatic heterocycles. The van der Waals surface area contributed by atoms with Crippen LogP contribution in [-0.4, -0.2) is 39.4 Å². The molecule has 5 nitrogen and oxygen atoms in total. The third kappa shape index (κ3) is 4.16. The SMILES string of the molecule is CCC(=O)N(CC(F)(F)F)C(=O)c1sc(-c2cccnc2)nc1C. The summed E-state index contributed by atoms with van der Waals surface area (Å²) in [5.74, 6) is -1.86. The van der Waals surface area contributed by atoms with Crippen LogP contribution in [0.3, 0.4) is 0 Å². The molecule has 2 aromatic rings. The molecule has 0 spiro atoms. The quantitative estimate of drug-likeness (QED) is 0.841. The summed E-state index contributed by atoms with van der Waals surface area (Å²) in [6, 6.07) is 3.41. The molecule has 2 amide bonds. The molecular weight excluding hydrogens is 343 g/mol. The maximum absolute atomic E-state index is 12.7. The number of hydrogen-bond donors (Lipinski definition) is 0. The largest absolute Gasteiger partial charge is 0.406 e. The molecule has 0 fully saturated rings. The lowest BCUT2D eigenvalue weighted by Crippen LogP contribution is -2.42. The normalized spacial score (nSPS) is 11.4. The summed E-state index contributed by atoms with van der Waals surface area (Å²) in [4.78, 5) is 32.6. The van der Waals surface area contributed by atoms with Crippen LogP contribution >= 0.6 is 11.3 Å². The first-order chi connectivity index (χ1) is 11.2. The van der Waals surface area contributed by atoms with Crippen LogP contribution in [0.5, 0.6) is 0 Å². The van der Waals surface area contributed by atoms with Gasteiger partial charge >= 0.3 is 6.18 Å². The monoisotopic (exact) mass is 357 g/mol. The number of aromatic nitrogens is 2. The fourth-order valence-electron chi connectivity index (χ4n) is 1.97. The number of rotatable bonds is 4. The summed E-state index contributed by atoms with van der Waals surface area (Å²) in [6.45, 7) is 1.31. The molecule has 2 rings (SSSR count). The molecule has 0 unspecified atom stereocenters. The number of thiazole rings is 1. The van der Waals surface area contributed by atoms with Crippen LogP contribution in [0.4, 0.5) is 13.2 Å². The van der Waals surface area contributed by atoms with Crippen molar-refractivity contribution in [2.24, 2.45) is 0 Å². The van der Waals surface area contributed by atoms with E-state index < -0.39 is 24.5 Å². The third-order valence-corrected chi connectivity index (χ3v) is 4.28. The number of pyridine rings is 1. The first-order valence-corrected chi connectivity index (χ1v) is 7.84. The van der Waals surface area contributed by atoms with Gasteiger partial charge in [-0.15, -0.1) is 11.3 Å². The van der Waals surface area contributed by atoms with E-state index in [2.05, 4.69) is 9.97 Å². The molecule has 128 valence electrons. The van der Waals surface area contributed by atoms with E-state index in [0.29, 0.717) is 10.6 Å². The van der Waals surface area contributed by atoms with Crippen LogP contribution in [0.2, 0.25) is 0 Å². The summed E-state index contributed by atoms with van der Waals surface area (Å²) < 4.78 is 38.0. The van der Waals surface area contributed by atoms with Gasteiger partial charge in [0.2, 0.25) is 5.91 Å². The van der Waals surface area contributed by atoms with Crippen LogP contribution in [0, 0.1) is 6.92 Å². The lowest BCUT2D eigenvalue weighted by molar-refractivity contribution is -0.155. The fraction of sp³-hybridized carbons (Fsp3) is 0.333. The van der Waals surface area contributed by atoms with Crippen molar-refractivity contribution >= 4 is 23.2 Å². The number of alkyl halides is 3. The molecule has 0 atom stereocenters. The average Bonchev–Trinajstić information content (AvgIpc) is 2.93. The maximum atomic E-state index is 12.7. The van der Waals surface area contributed by atoms with Gasteiger partial charge in [0.25, 0.3) is 5.91 Å². The second kappa shape index (κ2) is 7.08. The Kier molecular flexibility index (Phi) is 5.33. The average molecular weight is 357 g/mol. The molecule has 0 aliphatic rings. The molecule has 0 aromatic carbocycles. The van der Waals surface area contributed by atoms with Crippen molar-refractivity contribution in [1.29, 1.82) is 0 Å². The van der Waals surface area contributed by atoms with Crippen molar-refractivity contribution in [3.63, 3.8) is 0 Å². The van der Waals surface area contributed by atoms with Crippen molar-refractivity contribution in [2.45, 2.75) is 26.4 Å². The molecule has 0 aliphatic heterocycles. The molecule has 0 saturated carbocycles. The van der Waals surface area contributed by atoms with Crippen LogP contribution in [0.25, 0.3) is 10.6 Å². The van der Waals surface area contributed by atoms with Crippen LogP contribution in [-0.2, 0) is 4.79 Å². The third-order valence-electron chi connectivity index (χ3n) is 3.09. The number of halogens is 3. The minimum atomic E-state index is -4.66. The Morgan fingerprint density at radius 3 is 2.58 bits per heavy atom. The van der Waals surface area contributed by atoms with Crippen molar-refractivity contribution in [3.8, 4) is 10.6 Å². The first-order valence-electron chi connectivity index (χ1n) is 7.02. The van der Waals surface area contributed by atoms with Crippen LogP contribution in [0.15, 0.2) is 24.5 Å². The molecule has 0 bridgehead atoms. The Morgan fingerprint density at radius 2 is 2.04 bits per heavy atom. The van der Waals surface area contributed by atoms with Crippen molar-refractivity contribution < 1.29 is 22.8 Å². The number of carbonyl (C=O) groups excluding carboxylic acids is 2. The Balaban J connectivity index is 2.36. The molecular formula is C15H14F3N3O2S. The zero-order valence-electron chi connectivity index (χ0n) is 12.9. The van der Waals surface area contributed by atoms with Gasteiger partial charge in [-0.3, -0.25) is 19.5 Å². The van der Waals surface area contributed by atoms with Crippen LogP contribution in [0.1, 0.15) is 28.7 Å². The van der Waals surface area contributed by atoms with Gasteiger partial charge in [0.05, 0.1) is 5.69 Å². The predicted octanol–water partition coefficient (Wildman–Crippen LogP) is 3.45. The summed E-state index contributed by atoms with van der Waals surface area (Å²) >= 11 is 0.941. The molecule has 24 heavy (non-hydrogen) atoms. The highest BCUT2D eigenvalue weighted by atomic mass is 32.1. The number of carbonyl (C=O) groups is 2. The van der Waals surface area contributed by atoms with E-state index in [1.807, 2.05) is 0 Å². The number of imide groups is 1. The zero-order chi connectivity index (χ0) is 17.9. The number of nitrogens with zero attached hydrogens (tertiary/aromatic N) is 3. The highest BCUT2D eigenvalue weighted by Crippen LogP contribution is 2.29. The standard InChI is InChI=1S/C15H14F3N3O2S/c1-3-11(22)21(8-15(16,17)18)14(23)12-9(2)20-13(24-12)10-5-4-6-19-7-10/h4-7H,3,8H2,1-2H3. The van der Waals surface area contributed by atoms with E-state index >= 15 is 0 Å². The summed E-state index contributed by atoms with van der Waals surface area (Å²) in [5, 5.41) is 0.458. The number of hydrogen-bond acceptors (Lipinski definition) is 5. The first kappa shape index (κ1) is 18.1. The van der Waals surface area contributed by atoms with E-state index in [0.717, 1.165) is 11.3 Å². The Hall–Kier alpha value is -2.29. The number of aryl methyl sites for hydroxylation is 1. The number of amides is 2. The summed E-state index contributed by atoms with van der Waals surface area (Å²) in [6.07, 6.45) is -1.75. The highest BCUT2D eigenvalue weighted by Gasteiger charge is 2.37. The smallest absolute Gasteiger partial charge is 0.274 e. The van der Waals surface area contributed by atoms with Gasteiger partial charge in [0, 0.05) is 24.4 Å². The minimum absolute atomic E-state index is 0.0138.